The fourth-order valence-electron chi connectivity index (χ4n) is 3.74. The molecule has 1 heterocycles. The van der Waals surface area contributed by atoms with E-state index in [-0.39, 0.29) is 30.0 Å². The van der Waals surface area contributed by atoms with Crippen molar-refractivity contribution in [2.24, 2.45) is 0 Å². The quantitative estimate of drug-likeness (QED) is 0.782. The number of aliphatic hydroxyl groups excluding tert-OH is 1. The monoisotopic (exact) mass is 349 g/mol. The zero-order valence-corrected chi connectivity index (χ0v) is 14.6. The molecule has 2 aliphatic rings. The van der Waals surface area contributed by atoms with E-state index < -0.39 is 0 Å². The summed E-state index contributed by atoms with van der Waals surface area (Å²) in [4.78, 5) is 14.4. The van der Waals surface area contributed by atoms with Crippen molar-refractivity contribution in [1.82, 2.24) is 15.5 Å². The molecule has 3 rings (SSSR count). The number of benzene rings is 1. The molecule has 0 bridgehead atoms. The number of nitrogens with zero attached hydrogens (tertiary/aromatic N) is 1. The van der Waals surface area contributed by atoms with E-state index in [2.05, 4.69) is 15.5 Å². The van der Waals surface area contributed by atoms with Gasteiger partial charge in [-0.25, -0.2) is 9.18 Å². The number of piperidine rings is 1. The van der Waals surface area contributed by atoms with E-state index in [0.717, 1.165) is 57.2 Å². The second-order valence-electron chi connectivity index (χ2n) is 7.27. The van der Waals surface area contributed by atoms with Crippen molar-refractivity contribution >= 4 is 6.03 Å². The molecule has 6 heteroatoms. The topological polar surface area (TPSA) is 64.6 Å². The minimum absolute atomic E-state index is 0.103. The van der Waals surface area contributed by atoms with Gasteiger partial charge in [0.15, 0.2) is 0 Å². The number of likely N-dealkylation sites (tertiary alicyclic amines) is 1. The van der Waals surface area contributed by atoms with Crippen molar-refractivity contribution < 1.29 is 14.3 Å². The Hall–Kier alpha value is -1.66. The van der Waals surface area contributed by atoms with E-state index in [1.54, 1.807) is 6.07 Å². The number of urea groups is 1. The number of hydrogen-bond acceptors (Lipinski definition) is 3. The summed E-state index contributed by atoms with van der Waals surface area (Å²) in [6.45, 7) is 2.33. The first kappa shape index (κ1) is 18.1. The molecule has 0 aromatic heterocycles. The highest BCUT2D eigenvalue weighted by atomic mass is 19.1. The molecule has 0 spiro atoms. The molecule has 1 aliphatic heterocycles. The lowest BCUT2D eigenvalue weighted by molar-refractivity contribution is 0.117. The van der Waals surface area contributed by atoms with Crippen molar-refractivity contribution in [1.29, 1.82) is 0 Å². The number of carbonyl (C=O) groups is 1. The van der Waals surface area contributed by atoms with Gasteiger partial charge in [-0.2, -0.15) is 0 Å². The van der Waals surface area contributed by atoms with Gasteiger partial charge < -0.3 is 15.7 Å². The molecule has 3 N–H and O–H groups in total. The van der Waals surface area contributed by atoms with Crippen LogP contribution >= 0.6 is 0 Å². The summed E-state index contributed by atoms with van der Waals surface area (Å²) >= 11 is 0. The molecule has 1 aromatic rings. The van der Waals surface area contributed by atoms with Crippen LogP contribution in [0.2, 0.25) is 0 Å². The predicted molar refractivity (Wildman–Crippen MR) is 94.6 cm³/mol. The smallest absolute Gasteiger partial charge is 0.315 e. The normalized spacial score (nSPS) is 25.5. The van der Waals surface area contributed by atoms with Crippen molar-refractivity contribution in [3.05, 3.63) is 35.6 Å². The Morgan fingerprint density at radius 2 is 1.64 bits per heavy atom. The molecular weight excluding hydrogens is 321 g/mol. The SMILES string of the molecule is O=C(NC1CCC(O)CC1)NC1CCN(Cc2ccccc2F)CC1. The second-order valence-corrected chi connectivity index (χ2v) is 7.27. The van der Waals surface area contributed by atoms with E-state index in [4.69, 9.17) is 0 Å². The Balaban J connectivity index is 1.37. The average molecular weight is 349 g/mol. The number of amides is 2. The standard InChI is InChI=1S/C19H28FN3O2/c20-18-4-2-1-3-14(18)13-23-11-9-16(10-12-23)22-19(25)21-15-5-7-17(24)8-6-15/h1-4,15-17,24H,5-13H2,(H2,21,22,25). The fourth-order valence-corrected chi connectivity index (χ4v) is 3.74. The van der Waals surface area contributed by atoms with Gasteiger partial charge >= 0.3 is 6.03 Å². The third-order valence-electron chi connectivity index (χ3n) is 5.31. The second kappa shape index (κ2) is 8.63. The minimum Gasteiger partial charge on any atom is -0.393 e. The Kier molecular flexibility index (Phi) is 6.26. The van der Waals surface area contributed by atoms with E-state index >= 15 is 0 Å². The first-order valence-electron chi connectivity index (χ1n) is 9.31. The Labute approximate surface area is 148 Å². The Morgan fingerprint density at radius 1 is 1.04 bits per heavy atom. The van der Waals surface area contributed by atoms with Crippen LogP contribution in [0.5, 0.6) is 0 Å². The van der Waals surface area contributed by atoms with E-state index in [1.807, 2.05) is 12.1 Å². The van der Waals surface area contributed by atoms with Crippen LogP contribution in [0.3, 0.4) is 0 Å². The van der Waals surface area contributed by atoms with Gasteiger partial charge in [-0.3, -0.25) is 4.90 Å². The maximum atomic E-state index is 13.7. The molecule has 0 radical (unpaired) electrons. The van der Waals surface area contributed by atoms with E-state index in [0.29, 0.717) is 6.54 Å². The van der Waals surface area contributed by atoms with Gasteiger partial charge in [-0.1, -0.05) is 18.2 Å². The summed E-state index contributed by atoms with van der Waals surface area (Å²) < 4.78 is 13.7. The maximum absolute atomic E-state index is 13.7. The third kappa shape index (κ3) is 5.41. The molecule has 25 heavy (non-hydrogen) atoms. The van der Waals surface area contributed by atoms with Crippen molar-refractivity contribution in [2.75, 3.05) is 13.1 Å². The summed E-state index contributed by atoms with van der Waals surface area (Å²) in [7, 11) is 0. The molecule has 2 amide bonds. The first-order chi connectivity index (χ1) is 12.1. The van der Waals surface area contributed by atoms with Gasteiger partial charge in [0.05, 0.1) is 6.10 Å². The zero-order valence-electron chi connectivity index (χ0n) is 14.6. The summed E-state index contributed by atoms with van der Waals surface area (Å²) in [5.41, 5.74) is 0.728. The third-order valence-corrected chi connectivity index (χ3v) is 5.31. The van der Waals surface area contributed by atoms with Gasteiger partial charge in [0.2, 0.25) is 0 Å². The number of nitrogens with one attached hydrogen (secondary N) is 2. The highest BCUT2D eigenvalue weighted by Crippen LogP contribution is 2.19. The molecule has 1 saturated carbocycles. The largest absolute Gasteiger partial charge is 0.393 e. The van der Waals surface area contributed by atoms with Crippen LogP contribution < -0.4 is 10.6 Å². The summed E-state index contributed by atoms with van der Waals surface area (Å²) in [5, 5.41) is 15.6. The van der Waals surface area contributed by atoms with Gasteiger partial charge in [-0.05, 0) is 44.6 Å². The summed E-state index contributed by atoms with van der Waals surface area (Å²) in [5.74, 6) is -0.153. The molecule has 0 unspecified atom stereocenters. The number of aliphatic hydroxyl groups is 1. The van der Waals surface area contributed by atoms with Crippen molar-refractivity contribution in [2.45, 2.75) is 63.3 Å². The molecule has 1 aromatic carbocycles. The number of halogens is 1. The molecule has 2 fully saturated rings. The van der Waals surface area contributed by atoms with Crippen LogP contribution in [0.25, 0.3) is 0 Å². The van der Waals surface area contributed by atoms with Gasteiger partial charge in [-0.15, -0.1) is 0 Å². The molecular formula is C19H28FN3O2. The summed E-state index contributed by atoms with van der Waals surface area (Å²) in [6, 6.07) is 7.14. The van der Waals surface area contributed by atoms with Crippen LogP contribution in [0, 0.1) is 5.82 Å². The van der Waals surface area contributed by atoms with Crippen LogP contribution in [0.15, 0.2) is 24.3 Å². The molecule has 1 aliphatic carbocycles. The highest BCUT2D eigenvalue weighted by molar-refractivity contribution is 5.74. The Bertz CT molecular complexity index is 568. The molecule has 138 valence electrons. The maximum Gasteiger partial charge on any atom is 0.315 e. The van der Waals surface area contributed by atoms with Crippen molar-refractivity contribution in [3.8, 4) is 0 Å². The number of rotatable bonds is 4. The average Bonchev–Trinajstić information content (AvgIpc) is 2.61. The number of hydrogen-bond donors (Lipinski definition) is 3. The van der Waals surface area contributed by atoms with E-state index in [9.17, 15) is 14.3 Å². The van der Waals surface area contributed by atoms with Crippen LogP contribution in [0.1, 0.15) is 44.1 Å². The fraction of sp³-hybridized carbons (Fsp3) is 0.632. The van der Waals surface area contributed by atoms with Gasteiger partial charge in [0, 0.05) is 37.3 Å². The lowest BCUT2D eigenvalue weighted by atomic mass is 9.93. The lowest BCUT2D eigenvalue weighted by Crippen LogP contribution is -2.50. The molecule has 1 saturated heterocycles. The highest BCUT2D eigenvalue weighted by Gasteiger charge is 2.24. The zero-order chi connectivity index (χ0) is 17.6. The number of carbonyl (C=O) groups excluding carboxylic acids is 1. The van der Waals surface area contributed by atoms with E-state index in [1.165, 1.54) is 6.07 Å². The molecule has 5 nitrogen and oxygen atoms in total. The van der Waals surface area contributed by atoms with Gasteiger partial charge in [0.25, 0.3) is 0 Å². The predicted octanol–water partition coefficient (Wildman–Crippen LogP) is 2.39. The van der Waals surface area contributed by atoms with Crippen LogP contribution in [-0.2, 0) is 6.54 Å². The first-order valence-corrected chi connectivity index (χ1v) is 9.31. The summed E-state index contributed by atoms with van der Waals surface area (Å²) in [6.07, 6.45) is 4.76. The minimum atomic E-state index is -0.208. The van der Waals surface area contributed by atoms with Gasteiger partial charge in [0.1, 0.15) is 5.82 Å². The van der Waals surface area contributed by atoms with Crippen LogP contribution in [0.4, 0.5) is 9.18 Å². The molecule has 0 atom stereocenters. The van der Waals surface area contributed by atoms with Crippen LogP contribution in [-0.4, -0.2) is 47.3 Å². The van der Waals surface area contributed by atoms with Crippen molar-refractivity contribution in [3.63, 3.8) is 0 Å². The Morgan fingerprint density at radius 3 is 2.28 bits per heavy atom. The lowest BCUT2D eigenvalue weighted by Gasteiger charge is -2.33.